The van der Waals surface area contributed by atoms with Gasteiger partial charge in [-0.1, -0.05) is 30.3 Å². The highest BCUT2D eigenvalue weighted by molar-refractivity contribution is 8.09. The van der Waals surface area contributed by atoms with Crippen molar-refractivity contribution >= 4 is 19.7 Å². The van der Waals surface area contributed by atoms with Crippen LogP contribution in [-0.4, -0.2) is 52.6 Å². The fraction of sp³-hybridized carbons (Fsp3) is 0.625. The largest absolute Gasteiger partial charge is 0.335 e. The third-order valence-corrected chi connectivity index (χ3v) is 10.2. The minimum atomic E-state index is -3.64. The number of hydrogen-bond donors (Lipinski definition) is 1. The second-order valence-corrected chi connectivity index (χ2v) is 10.9. The molecule has 5 nitrogen and oxygen atoms in total. The van der Waals surface area contributed by atoms with Crippen LogP contribution in [0.15, 0.2) is 30.3 Å². The van der Waals surface area contributed by atoms with Gasteiger partial charge < -0.3 is 4.90 Å². The molecule has 1 aliphatic rings. The Bertz CT molecular complexity index is 674. The maximum absolute atomic E-state index is 12.6. The van der Waals surface area contributed by atoms with Gasteiger partial charge >= 0.3 is 0 Å². The first-order valence-electron chi connectivity index (χ1n) is 8.11. The van der Waals surface area contributed by atoms with Gasteiger partial charge in [-0.05, 0) is 19.4 Å². The molecule has 0 atom stereocenters. The second kappa shape index (κ2) is 7.32. The Morgan fingerprint density at radius 3 is 1.96 bits per heavy atom. The number of quaternary nitrogens is 1. The van der Waals surface area contributed by atoms with E-state index in [1.165, 1.54) is 4.90 Å². The molecule has 0 unspecified atom stereocenters. The van der Waals surface area contributed by atoms with E-state index >= 15 is 0 Å². The van der Waals surface area contributed by atoms with Crippen molar-refractivity contribution in [3.63, 3.8) is 0 Å². The predicted octanol–water partition coefficient (Wildman–Crippen LogP) is 0.254. The summed E-state index contributed by atoms with van der Waals surface area (Å²) in [6.07, 6.45) is 0.198. The zero-order valence-electron chi connectivity index (χ0n) is 13.7. The highest BCUT2D eigenvalue weighted by Gasteiger charge is 2.45. The van der Waals surface area contributed by atoms with E-state index in [2.05, 4.69) is 0 Å². The molecule has 2 rings (SSSR count). The average molecular weight is 361 g/mol. The van der Waals surface area contributed by atoms with Crippen LogP contribution in [0.1, 0.15) is 31.7 Å². The summed E-state index contributed by atoms with van der Waals surface area (Å²) in [6.45, 7) is 6.36. The summed E-state index contributed by atoms with van der Waals surface area (Å²) < 4.78 is 49.1. The maximum atomic E-state index is 12.6. The van der Waals surface area contributed by atoms with E-state index in [0.717, 1.165) is 18.7 Å². The number of rotatable bonds is 6. The first-order valence-corrected chi connectivity index (χ1v) is 11.5. The molecule has 130 valence electrons. The molecule has 0 amide bonds. The molecule has 1 saturated heterocycles. The Morgan fingerprint density at radius 1 is 0.957 bits per heavy atom. The molecule has 1 aromatic rings. The van der Waals surface area contributed by atoms with Crippen LogP contribution in [-0.2, 0) is 19.7 Å². The van der Waals surface area contributed by atoms with Crippen molar-refractivity contribution in [3.8, 4) is 0 Å². The summed E-state index contributed by atoms with van der Waals surface area (Å²) in [5, 5.41) is 0. The zero-order chi connectivity index (χ0) is 17.1. The molecule has 0 bridgehead atoms. The normalized spacial score (nSPS) is 26.2. The van der Waals surface area contributed by atoms with Crippen molar-refractivity contribution in [1.82, 2.24) is 0 Å². The van der Waals surface area contributed by atoms with Gasteiger partial charge in [0, 0.05) is 12.3 Å². The van der Waals surface area contributed by atoms with Gasteiger partial charge in [0.05, 0.1) is 31.1 Å². The van der Waals surface area contributed by atoms with Crippen molar-refractivity contribution in [2.24, 2.45) is 0 Å². The standard InChI is InChI=1S/C16H25NO4S2/c1-3-17(4-2)11-10-16-22(18,19)12-15(13-23(16,20)21)14-8-6-5-7-9-14/h5-9,15-16H,3-4,10-13H2,1-2H3/p+1. The highest BCUT2D eigenvalue weighted by atomic mass is 32.3. The molecule has 1 N–H and O–H groups in total. The van der Waals surface area contributed by atoms with Crippen LogP contribution in [0.2, 0.25) is 0 Å². The quantitative estimate of drug-likeness (QED) is 0.790. The molecule has 1 heterocycles. The lowest BCUT2D eigenvalue weighted by Gasteiger charge is -2.29. The molecular weight excluding hydrogens is 334 g/mol. The van der Waals surface area contributed by atoms with Gasteiger partial charge in [-0.15, -0.1) is 0 Å². The van der Waals surface area contributed by atoms with E-state index < -0.39 is 30.2 Å². The summed E-state index contributed by atoms with van der Waals surface area (Å²) in [7, 11) is -7.28. The van der Waals surface area contributed by atoms with E-state index in [-0.39, 0.29) is 17.9 Å². The van der Waals surface area contributed by atoms with Crippen LogP contribution >= 0.6 is 0 Å². The molecule has 23 heavy (non-hydrogen) atoms. The highest BCUT2D eigenvalue weighted by Crippen LogP contribution is 2.31. The van der Waals surface area contributed by atoms with Crippen LogP contribution in [0.3, 0.4) is 0 Å². The van der Waals surface area contributed by atoms with Gasteiger partial charge in [0.1, 0.15) is 0 Å². The molecule has 1 fully saturated rings. The SMILES string of the molecule is CC[NH+](CC)CCC1S(=O)(=O)CC(c2ccccc2)CS1(=O)=O. The number of benzene rings is 1. The van der Waals surface area contributed by atoms with E-state index in [4.69, 9.17) is 0 Å². The van der Waals surface area contributed by atoms with Gasteiger partial charge in [-0.3, -0.25) is 0 Å². The Kier molecular flexibility index (Phi) is 5.86. The molecule has 1 aromatic carbocycles. The molecule has 7 heteroatoms. The smallest absolute Gasteiger partial charge is 0.168 e. The summed E-state index contributed by atoms with van der Waals surface area (Å²) in [5.41, 5.74) is 0.785. The van der Waals surface area contributed by atoms with E-state index in [1.54, 1.807) is 12.1 Å². The maximum Gasteiger partial charge on any atom is 0.168 e. The molecule has 1 aliphatic heterocycles. The fourth-order valence-corrected chi connectivity index (χ4v) is 8.78. The van der Waals surface area contributed by atoms with Gasteiger partial charge in [0.15, 0.2) is 24.3 Å². The summed E-state index contributed by atoms with van der Waals surface area (Å²) >= 11 is 0. The topological polar surface area (TPSA) is 72.7 Å². The fourth-order valence-electron chi connectivity index (χ4n) is 3.25. The minimum absolute atomic E-state index is 0.0749. The van der Waals surface area contributed by atoms with E-state index in [9.17, 15) is 16.8 Å². The van der Waals surface area contributed by atoms with E-state index in [1.807, 2.05) is 32.0 Å². The van der Waals surface area contributed by atoms with Crippen LogP contribution in [0.5, 0.6) is 0 Å². The van der Waals surface area contributed by atoms with Crippen molar-refractivity contribution in [2.75, 3.05) is 31.1 Å². The lowest BCUT2D eigenvalue weighted by atomic mass is 10.0. The number of nitrogens with one attached hydrogen (secondary N) is 1. The Morgan fingerprint density at radius 2 is 1.48 bits per heavy atom. The van der Waals surface area contributed by atoms with Gasteiger partial charge in [0.25, 0.3) is 0 Å². The Labute approximate surface area is 139 Å². The van der Waals surface area contributed by atoms with Crippen molar-refractivity contribution in [2.45, 2.75) is 30.8 Å². The molecule has 0 aliphatic carbocycles. The average Bonchev–Trinajstić information content (AvgIpc) is 2.50. The van der Waals surface area contributed by atoms with Crippen molar-refractivity contribution < 1.29 is 21.7 Å². The van der Waals surface area contributed by atoms with Gasteiger partial charge in [-0.25, -0.2) is 16.8 Å². The first kappa shape index (κ1) is 18.4. The Balaban J connectivity index is 2.21. The lowest BCUT2D eigenvalue weighted by molar-refractivity contribution is -0.896. The molecule has 0 saturated carbocycles. The van der Waals surface area contributed by atoms with Gasteiger partial charge in [0.2, 0.25) is 0 Å². The third kappa shape index (κ3) is 4.33. The molecule has 0 radical (unpaired) electrons. The van der Waals surface area contributed by atoms with Gasteiger partial charge in [-0.2, -0.15) is 0 Å². The summed E-state index contributed by atoms with van der Waals surface area (Å²) in [4.78, 5) is 1.22. The van der Waals surface area contributed by atoms with Crippen LogP contribution in [0.4, 0.5) is 0 Å². The second-order valence-electron chi connectivity index (χ2n) is 6.19. The third-order valence-electron chi connectivity index (χ3n) is 4.67. The molecular formula is C16H26NO4S2+. The molecule has 0 spiro atoms. The summed E-state index contributed by atoms with van der Waals surface area (Å²) in [5.74, 6) is -0.605. The zero-order valence-corrected chi connectivity index (χ0v) is 15.4. The first-order chi connectivity index (χ1) is 10.8. The Hall–Kier alpha value is -0.920. The van der Waals surface area contributed by atoms with E-state index in [0.29, 0.717) is 6.54 Å². The summed E-state index contributed by atoms with van der Waals surface area (Å²) in [6, 6.07) is 9.06. The van der Waals surface area contributed by atoms with Crippen molar-refractivity contribution in [1.29, 1.82) is 0 Å². The monoisotopic (exact) mass is 360 g/mol. The van der Waals surface area contributed by atoms with Crippen LogP contribution in [0.25, 0.3) is 0 Å². The predicted molar refractivity (Wildman–Crippen MR) is 92.1 cm³/mol. The number of hydrogen-bond acceptors (Lipinski definition) is 4. The van der Waals surface area contributed by atoms with Crippen molar-refractivity contribution in [3.05, 3.63) is 35.9 Å². The minimum Gasteiger partial charge on any atom is -0.335 e. The van der Waals surface area contributed by atoms with Crippen LogP contribution < -0.4 is 4.90 Å². The number of sulfone groups is 2. The molecule has 0 aromatic heterocycles. The lowest BCUT2D eigenvalue weighted by Crippen LogP contribution is -3.11. The van der Waals surface area contributed by atoms with Crippen LogP contribution in [0, 0.1) is 0 Å².